The standard InChI is InChI=1S/C24H35N5O3/c1-4-27-15-12-24(20(27)30)18-29(22(32)26(2)3)17-23(24)10-13-28(14-11-23)21(31)25-16-19-8-6-5-7-9-19/h5-9H,4,10-18H2,1-3H3,(H,25,31). The maximum atomic E-state index is 13.5. The lowest BCUT2D eigenvalue weighted by Gasteiger charge is -2.46. The van der Waals surface area contributed by atoms with Gasteiger partial charge in [-0.2, -0.15) is 0 Å². The maximum absolute atomic E-state index is 13.5. The van der Waals surface area contributed by atoms with Crippen LogP contribution in [0.15, 0.2) is 30.3 Å². The summed E-state index contributed by atoms with van der Waals surface area (Å²) in [4.78, 5) is 46.4. The molecule has 32 heavy (non-hydrogen) atoms. The molecule has 4 rings (SSSR count). The van der Waals surface area contributed by atoms with E-state index in [0.717, 1.165) is 31.4 Å². The van der Waals surface area contributed by atoms with Crippen LogP contribution in [-0.4, -0.2) is 90.9 Å². The van der Waals surface area contributed by atoms with E-state index in [2.05, 4.69) is 5.32 Å². The van der Waals surface area contributed by atoms with Crippen LogP contribution in [-0.2, 0) is 11.3 Å². The summed E-state index contributed by atoms with van der Waals surface area (Å²) in [5, 5.41) is 3.02. The molecular weight excluding hydrogens is 406 g/mol. The van der Waals surface area contributed by atoms with Crippen molar-refractivity contribution in [1.29, 1.82) is 0 Å². The zero-order valence-corrected chi connectivity index (χ0v) is 19.5. The first kappa shape index (κ1) is 22.4. The minimum Gasteiger partial charge on any atom is -0.342 e. The Balaban J connectivity index is 1.47. The third-order valence-electron chi connectivity index (χ3n) is 7.80. The molecule has 3 aliphatic heterocycles. The Hall–Kier alpha value is -2.77. The van der Waals surface area contributed by atoms with Crippen molar-refractivity contribution in [2.24, 2.45) is 10.8 Å². The predicted octanol–water partition coefficient (Wildman–Crippen LogP) is 2.21. The molecule has 3 fully saturated rings. The summed E-state index contributed by atoms with van der Waals surface area (Å²) in [6, 6.07) is 9.78. The normalized spacial score (nSPS) is 24.5. The van der Waals surface area contributed by atoms with Gasteiger partial charge in [0.15, 0.2) is 0 Å². The van der Waals surface area contributed by atoms with Crippen LogP contribution in [0.4, 0.5) is 9.59 Å². The molecule has 3 aliphatic rings. The van der Waals surface area contributed by atoms with Crippen molar-refractivity contribution < 1.29 is 14.4 Å². The quantitative estimate of drug-likeness (QED) is 0.782. The Morgan fingerprint density at radius 2 is 1.69 bits per heavy atom. The van der Waals surface area contributed by atoms with Crippen molar-refractivity contribution >= 4 is 18.0 Å². The fraction of sp³-hybridized carbons (Fsp3) is 0.625. The van der Waals surface area contributed by atoms with Gasteiger partial charge in [0.2, 0.25) is 5.91 Å². The highest BCUT2D eigenvalue weighted by molar-refractivity contribution is 5.88. The van der Waals surface area contributed by atoms with Crippen LogP contribution in [0.3, 0.4) is 0 Å². The molecule has 0 saturated carbocycles. The molecule has 1 atom stereocenters. The summed E-state index contributed by atoms with van der Waals surface area (Å²) in [7, 11) is 3.52. The van der Waals surface area contributed by atoms with Gasteiger partial charge in [-0.05, 0) is 31.7 Å². The van der Waals surface area contributed by atoms with Crippen LogP contribution in [0, 0.1) is 10.8 Å². The van der Waals surface area contributed by atoms with Gasteiger partial charge in [0, 0.05) is 65.3 Å². The zero-order chi connectivity index (χ0) is 22.9. The van der Waals surface area contributed by atoms with Gasteiger partial charge >= 0.3 is 12.1 Å². The molecule has 2 spiro atoms. The first-order chi connectivity index (χ1) is 15.3. The van der Waals surface area contributed by atoms with E-state index in [9.17, 15) is 14.4 Å². The van der Waals surface area contributed by atoms with E-state index in [-0.39, 0.29) is 23.4 Å². The Kier molecular flexibility index (Phi) is 6.05. The predicted molar refractivity (Wildman–Crippen MR) is 122 cm³/mol. The summed E-state index contributed by atoms with van der Waals surface area (Å²) in [6.45, 7) is 6.25. The van der Waals surface area contributed by atoms with E-state index in [1.54, 1.807) is 19.0 Å². The molecular formula is C24H35N5O3. The van der Waals surface area contributed by atoms with Crippen LogP contribution < -0.4 is 5.32 Å². The van der Waals surface area contributed by atoms with Crippen molar-refractivity contribution in [1.82, 2.24) is 24.9 Å². The van der Waals surface area contributed by atoms with E-state index < -0.39 is 5.41 Å². The molecule has 0 aliphatic carbocycles. The van der Waals surface area contributed by atoms with E-state index in [4.69, 9.17) is 0 Å². The lowest BCUT2D eigenvalue weighted by molar-refractivity contribution is -0.141. The molecule has 5 amide bonds. The number of carbonyl (C=O) groups excluding carboxylic acids is 3. The van der Waals surface area contributed by atoms with E-state index in [0.29, 0.717) is 39.3 Å². The average molecular weight is 442 g/mol. The van der Waals surface area contributed by atoms with Crippen molar-refractivity contribution in [3.05, 3.63) is 35.9 Å². The highest BCUT2D eigenvalue weighted by Crippen LogP contribution is 2.57. The largest absolute Gasteiger partial charge is 0.342 e. The second-order valence-electron chi connectivity index (χ2n) is 9.66. The molecule has 1 aromatic rings. The monoisotopic (exact) mass is 441 g/mol. The van der Waals surface area contributed by atoms with Gasteiger partial charge in [0.25, 0.3) is 0 Å². The second-order valence-corrected chi connectivity index (χ2v) is 9.66. The fourth-order valence-corrected chi connectivity index (χ4v) is 5.92. The third kappa shape index (κ3) is 3.69. The molecule has 1 aromatic carbocycles. The molecule has 0 radical (unpaired) electrons. The van der Waals surface area contributed by atoms with Crippen LogP contribution in [0.2, 0.25) is 0 Å². The average Bonchev–Trinajstić information content (AvgIpc) is 3.30. The van der Waals surface area contributed by atoms with Crippen LogP contribution >= 0.6 is 0 Å². The van der Waals surface area contributed by atoms with Crippen LogP contribution in [0.1, 0.15) is 31.7 Å². The Morgan fingerprint density at radius 3 is 2.28 bits per heavy atom. The molecule has 3 heterocycles. The highest BCUT2D eigenvalue weighted by Gasteiger charge is 2.66. The van der Waals surface area contributed by atoms with Gasteiger partial charge < -0.3 is 24.9 Å². The number of hydrogen-bond donors (Lipinski definition) is 1. The molecule has 0 bridgehead atoms. The minimum absolute atomic E-state index is 0.0352. The first-order valence-electron chi connectivity index (χ1n) is 11.6. The molecule has 3 saturated heterocycles. The van der Waals surface area contributed by atoms with Gasteiger partial charge in [0.1, 0.15) is 0 Å². The summed E-state index contributed by atoms with van der Waals surface area (Å²) in [5.41, 5.74) is 0.273. The molecule has 8 heteroatoms. The number of hydrogen-bond acceptors (Lipinski definition) is 3. The Bertz CT molecular complexity index is 866. The Labute approximate surface area is 190 Å². The van der Waals surface area contributed by atoms with Crippen LogP contribution in [0.5, 0.6) is 0 Å². The number of rotatable bonds is 3. The lowest BCUT2D eigenvalue weighted by atomic mass is 9.60. The smallest absolute Gasteiger partial charge is 0.319 e. The number of amides is 5. The lowest BCUT2D eigenvalue weighted by Crippen LogP contribution is -2.54. The third-order valence-corrected chi connectivity index (χ3v) is 7.80. The van der Waals surface area contributed by atoms with E-state index >= 15 is 0 Å². The molecule has 8 nitrogen and oxygen atoms in total. The number of benzene rings is 1. The summed E-state index contributed by atoms with van der Waals surface area (Å²) < 4.78 is 0. The maximum Gasteiger partial charge on any atom is 0.319 e. The number of piperidine rings is 1. The number of urea groups is 2. The number of nitrogens with one attached hydrogen (secondary N) is 1. The van der Waals surface area contributed by atoms with Gasteiger partial charge in [0.05, 0.1) is 5.41 Å². The SMILES string of the molecule is CCN1CCC2(CN(C(=O)N(C)C)CC23CCN(C(=O)NCc2ccccc2)CC3)C1=O. The topological polar surface area (TPSA) is 76.2 Å². The molecule has 174 valence electrons. The van der Waals surface area contributed by atoms with Crippen molar-refractivity contribution in [3.8, 4) is 0 Å². The first-order valence-corrected chi connectivity index (χ1v) is 11.6. The van der Waals surface area contributed by atoms with Crippen molar-refractivity contribution in [2.75, 3.05) is 53.4 Å². The van der Waals surface area contributed by atoms with E-state index in [1.807, 2.05) is 52.0 Å². The van der Waals surface area contributed by atoms with Crippen LogP contribution in [0.25, 0.3) is 0 Å². The van der Waals surface area contributed by atoms with Gasteiger partial charge in [-0.3, -0.25) is 4.79 Å². The van der Waals surface area contributed by atoms with Gasteiger partial charge in [-0.25, -0.2) is 9.59 Å². The number of nitrogens with zero attached hydrogens (tertiary/aromatic N) is 4. The van der Waals surface area contributed by atoms with Crippen molar-refractivity contribution in [3.63, 3.8) is 0 Å². The van der Waals surface area contributed by atoms with Gasteiger partial charge in [-0.1, -0.05) is 30.3 Å². The molecule has 1 N–H and O–H groups in total. The zero-order valence-electron chi connectivity index (χ0n) is 19.5. The summed E-state index contributed by atoms with van der Waals surface area (Å²) in [6.07, 6.45) is 2.27. The Morgan fingerprint density at radius 1 is 1.00 bits per heavy atom. The second kappa shape index (κ2) is 8.64. The minimum atomic E-state index is -0.527. The number of carbonyl (C=O) groups is 3. The van der Waals surface area contributed by atoms with E-state index in [1.165, 1.54) is 0 Å². The van der Waals surface area contributed by atoms with Gasteiger partial charge in [-0.15, -0.1) is 0 Å². The molecule has 1 unspecified atom stereocenters. The highest BCUT2D eigenvalue weighted by atomic mass is 16.2. The molecule has 0 aromatic heterocycles. The summed E-state index contributed by atoms with van der Waals surface area (Å²) >= 11 is 0. The van der Waals surface area contributed by atoms with Crippen molar-refractivity contribution in [2.45, 2.75) is 32.7 Å². The number of fused-ring (bicyclic) bond motifs is 1. The fourth-order valence-electron chi connectivity index (χ4n) is 5.92. The summed E-state index contributed by atoms with van der Waals surface area (Å²) in [5.74, 6) is 0.191. The number of likely N-dealkylation sites (tertiary alicyclic amines) is 3.